The molecule has 1 amide bonds. The van der Waals surface area contributed by atoms with E-state index in [1.165, 1.54) is 5.56 Å². The molecule has 2 atom stereocenters. The lowest BCUT2D eigenvalue weighted by molar-refractivity contribution is -0.117. The molecule has 3 aliphatic rings. The van der Waals surface area contributed by atoms with Crippen molar-refractivity contribution >= 4 is 34.1 Å². The molecule has 2 saturated carbocycles. The van der Waals surface area contributed by atoms with Gasteiger partial charge in [-0.1, -0.05) is 11.6 Å². The highest BCUT2D eigenvalue weighted by Gasteiger charge is 2.44. The quantitative estimate of drug-likeness (QED) is 0.554. The van der Waals surface area contributed by atoms with Crippen molar-refractivity contribution in [2.75, 3.05) is 18.4 Å². The molecule has 0 bridgehead atoms. The van der Waals surface area contributed by atoms with Crippen LogP contribution in [0.4, 0.5) is 10.2 Å². The minimum absolute atomic E-state index is 0.00900. The van der Waals surface area contributed by atoms with Crippen LogP contribution in [-0.2, 0) is 11.8 Å². The lowest BCUT2D eigenvalue weighted by Crippen LogP contribution is -2.54. The number of rotatable bonds is 5. The number of aromatic nitrogens is 3. The first-order valence-electron chi connectivity index (χ1n) is 12.2. The lowest BCUT2D eigenvalue weighted by atomic mass is 9.80. The fourth-order valence-electron chi connectivity index (χ4n) is 5.77. The monoisotopic (exact) mass is 481 g/mol. The zero-order valence-corrected chi connectivity index (χ0v) is 20.0. The van der Waals surface area contributed by atoms with Crippen LogP contribution in [-0.4, -0.2) is 50.9 Å². The zero-order chi connectivity index (χ0) is 23.4. The average Bonchev–Trinajstić information content (AvgIpc) is 3.50. The summed E-state index contributed by atoms with van der Waals surface area (Å²) in [6, 6.07) is 6.60. The number of nitrogens with zero attached hydrogens (tertiary/aromatic N) is 4. The largest absolute Gasteiger partial charge is 0.310 e. The number of aryl methyl sites for hydroxylation is 1. The fraction of sp³-hybridized carbons (Fsp3) is 0.500. The first-order valence-corrected chi connectivity index (χ1v) is 12.6. The maximum absolute atomic E-state index is 13.2. The SMILES string of the molecule is Cn1cc([C@H]2C[C@@H]2C(=O)Nc2cc3cc([C@H]4CC[C@@H](N5CC(F)C5)CC4)c(Cl)cc3cn2)cn1. The van der Waals surface area contributed by atoms with E-state index in [1.54, 1.807) is 10.9 Å². The van der Waals surface area contributed by atoms with Gasteiger partial charge in [-0.3, -0.25) is 14.4 Å². The highest BCUT2D eigenvalue weighted by molar-refractivity contribution is 6.32. The van der Waals surface area contributed by atoms with Gasteiger partial charge in [0.05, 0.1) is 6.20 Å². The van der Waals surface area contributed by atoms with Crippen LogP contribution in [0.15, 0.2) is 36.8 Å². The third kappa shape index (κ3) is 4.20. The van der Waals surface area contributed by atoms with Gasteiger partial charge in [-0.15, -0.1) is 0 Å². The molecule has 0 spiro atoms. The van der Waals surface area contributed by atoms with Crippen molar-refractivity contribution in [2.45, 2.75) is 56.2 Å². The second-order valence-electron chi connectivity index (χ2n) is 10.2. The average molecular weight is 482 g/mol. The Morgan fingerprint density at radius 2 is 1.91 bits per heavy atom. The molecule has 1 aliphatic heterocycles. The van der Waals surface area contributed by atoms with Crippen LogP contribution >= 0.6 is 11.6 Å². The number of alkyl halides is 1. The van der Waals surface area contributed by atoms with Crippen LogP contribution in [0.1, 0.15) is 55.1 Å². The number of halogens is 2. The molecular formula is C26H29ClFN5O. The van der Waals surface area contributed by atoms with Gasteiger partial charge < -0.3 is 5.32 Å². The number of carbonyl (C=O) groups is 1. The molecule has 178 valence electrons. The van der Waals surface area contributed by atoms with E-state index in [0.717, 1.165) is 53.5 Å². The number of pyridine rings is 1. The van der Waals surface area contributed by atoms with Crippen molar-refractivity contribution in [2.24, 2.45) is 13.0 Å². The standard InChI is InChI=1S/C26H29ClFN5O/c1-32-12-18(11-30-32)21-9-23(21)26(34)31-25-8-16-6-22(24(27)7-17(16)10-29-25)15-2-4-20(5-3-15)33-13-19(28)14-33/h6-8,10-12,15,19-21,23H,2-5,9,13-14H2,1H3,(H,29,31,34)/t15-,20+,21-,23+/m1/s1. The number of carbonyl (C=O) groups excluding carboxylic acids is 1. The Bertz CT molecular complexity index is 1230. The number of fused-ring (bicyclic) bond motifs is 1. The van der Waals surface area contributed by atoms with Gasteiger partial charge in [0.2, 0.25) is 5.91 Å². The zero-order valence-electron chi connectivity index (χ0n) is 19.3. The summed E-state index contributed by atoms with van der Waals surface area (Å²) >= 11 is 6.68. The van der Waals surface area contributed by atoms with Crippen LogP contribution < -0.4 is 5.32 Å². The van der Waals surface area contributed by atoms with Gasteiger partial charge in [-0.05, 0) is 78.7 Å². The Kier molecular flexibility index (Phi) is 5.57. The van der Waals surface area contributed by atoms with E-state index in [4.69, 9.17) is 11.6 Å². The molecule has 2 aromatic heterocycles. The van der Waals surface area contributed by atoms with Crippen molar-refractivity contribution in [1.82, 2.24) is 19.7 Å². The molecule has 34 heavy (non-hydrogen) atoms. The number of amides is 1. The summed E-state index contributed by atoms with van der Waals surface area (Å²) in [6.45, 7) is 1.19. The highest BCUT2D eigenvalue weighted by atomic mass is 35.5. The number of nitrogens with one attached hydrogen (secondary N) is 1. The van der Waals surface area contributed by atoms with E-state index >= 15 is 0 Å². The minimum Gasteiger partial charge on any atom is -0.310 e. The Hall–Kier alpha value is -2.51. The molecule has 8 heteroatoms. The third-order valence-electron chi connectivity index (χ3n) is 7.89. The molecule has 3 heterocycles. The second kappa shape index (κ2) is 8.61. The normalized spacial score (nSPS) is 27.5. The van der Waals surface area contributed by atoms with Crippen LogP contribution in [0.2, 0.25) is 5.02 Å². The van der Waals surface area contributed by atoms with Gasteiger partial charge in [0.25, 0.3) is 0 Å². The smallest absolute Gasteiger partial charge is 0.229 e. The summed E-state index contributed by atoms with van der Waals surface area (Å²) in [6.07, 6.45) is 10.1. The summed E-state index contributed by atoms with van der Waals surface area (Å²) in [5, 5.41) is 10.00. The maximum Gasteiger partial charge on any atom is 0.229 e. The topological polar surface area (TPSA) is 63.1 Å². The number of hydrogen-bond acceptors (Lipinski definition) is 4. The number of anilines is 1. The van der Waals surface area contributed by atoms with E-state index in [1.807, 2.05) is 31.6 Å². The molecule has 3 fully saturated rings. The van der Waals surface area contributed by atoms with Crippen molar-refractivity contribution in [3.63, 3.8) is 0 Å². The molecule has 1 N–H and O–H groups in total. The van der Waals surface area contributed by atoms with Crippen LogP contribution in [0.3, 0.4) is 0 Å². The van der Waals surface area contributed by atoms with Gasteiger partial charge in [0, 0.05) is 54.9 Å². The minimum atomic E-state index is -0.642. The highest BCUT2D eigenvalue weighted by Crippen LogP contribution is 2.48. The molecule has 1 aromatic carbocycles. The molecular weight excluding hydrogens is 453 g/mol. The van der Waals surface area contributed by atoms with Crippen molar-refractivity contribution in [3.8, 4) is 0 Å². The number of hydrogen-bond donors (Lipinski definition) is 1. The number of likely N-dealkylation sites (tertiary alicyclic amines) is 1. The van der Waals surface area contributed by atoms with E-state index in [9.17, 15) is 9.18 Å². The van der Waals surface area contributed by atoms with Gasteiger partial charge in [0.1, 0.15) is 12.0 Å². The van der Waals surface area contributed by atoms with Gasteiger partial charge >= 0.3 is 0 Å². The van der Waals surface area contributed by atoms with Gasteiger partial charge in [-0.2, -0.15) is 5.10 Å². The van der Waals surface area contributed by atoms with Crippen molar-refractivity contribution < 1.29 is 9.18 Å². The van der Waals surface area contributed by atoms with Crippen molar-refractivity contribution in [3.05, 3.63) is 52.9 Å². The summed E-state index contributed by atoms with van der Waals surface area (Å²) in [7, 11) is 1.89. The van der Waals surface area contributed by atoms with Gasteiger partial charge in [-0.25, -0.2) is 9.37 Å². The molecule has 1 saturated heterocycles. The molecule has 2 aliphatic carbocycles. The molecule has 0 unspecified atom stereocenters. The summed E-state index contributed by atoms with van der Waals surface area (Å²) in [5.41, 5.74) is 2.28. The number of benzene rings is 1. The third-order valence-corrected chi connectivity index (χ3v) is 8.21. The Morgan fingerprint density at radius 3 is 2.62 bits per heavy atom. The molecule has 3 aromatic rings. The second-order valence-corrected chi connectivity index (χ2v) is 10.6. The van der Waals surface area contributed by atoms with Crippen molar-refractivity contribution in [1.29, 1.82) is 0 Å². The predicted octanol–water partition coefficient (Wildman–Crippen LogP) is 5.04. The molecule has 0 radical (unpaired) electrons. The molecule has 6 rings (SSSR count). The van der Waals surface area contributed by atoms with Gasteiger partial charge in [0.15, 0.2) is 0 Å². The predicted molar refractivity (Wildman–Crippen MR) is 131 cm³/mol. The van der Waals surface area contributed by atoms with E-state index < -0.39 is 6.17 Å². The lowest BCUT2D eigenvalue weighted by Gasteiger charge is -2.43. The van der Waals surface area contributed by atoms with E-state index in [2.05, 4.69) is 26.4 Å². The Labute approximate surface area is 203 Å². The maximum atomic E-state index is 13.2. The first kappa shape index (κ1) is 22.0. The van der Waals surface area contributed by atoms with Crippen LogP contribution in [0, 0.1) is 5.92 Å². The Morgan fingerprint density at radius 1 is 1.12 bits per heavy atom. The van der Waals surface area contributed by atoms with E-state index in [-0.39, 0.29) is 17.7 Å². The van der Waals surface area contributed by atoms with Crippen LogP contribution in [0.5, 0.6) is 0 Å². The van der Waals surface area contributed by atoms with Crippen LogP contribution in [0.25, 0.3) is 10.8 Å². The summed E-state index contributed by atoms with van der Waals surface area (Å²) in [5.74, 6) is 1.20. The fourth-order valence-corrected chi connectivity index (χ4v) is 6.10. The van der Waals surface area contributed by atoms with E-state index in [0.29, 0.717) is 30.9 Å². The summed E-state index contributed by atoms with van der Waals surface area (Å²) in [4.78, 5) is 19.5. The Balaban J connectivity index is 1.14. The first-order chi connectivity index (χ1) is 16.4. The molecule has 6 nitrogen and oxygen atoms in total. The summed E-state index contributed by atoms with van der Waals surface area (Å²) < 4.78 is 15.0.